The number of nitrogens with one attached hydrogen (secondary N) is 1. The summed E-state index contributed by atoms with van der Waals surface area (Å²) in [6.45, 7) is 2.00. The number of hydrogen-bond acceptors (Lipinski definition) is 4. The fourth-order valence-corrected chi connectivity index (χ4v) is 3.66. The summed E-state index contributed by atoms with van der Waals surface area (Å²) in [6, 6.07) is 21.2. The molecular formula is C22H17N3OS. The predicted octanol–water partition coefficient (Wildman–Crippen LogP) is 5.43. The second kappa shape index (κ2) is 7.51. The average molecular weight is 371 g/mol. The Morgan fingerprint density at radius 3 is 2.37 bits per heavy atom. The summed E-state index contributed by atoms with van der Waals surface area (Å²) in [4.78, 5) is 21.7. The summed E-state index contributed by atoms with van der Waals surface area (Å²) in [6.07, 6.45) is 3.51. The van der Waals surface area contributed by atoms with E-state index in [9.17, 15) is 4.79 Å². The molecule has 132 valence electrons. The number of benzene rings is 2. The number of aryl methyl sites for hydroxylation is 1. The van der Waals surface area contributed by atoms with Crippen LogP contribution in [0, 0.1) is 6.92 Å². The number of anilines is 1. The molecule has 0 bridgehead atoms. The number of hydrogen-bond donors (Lipinski definition) is 1. The SMILES string of the molecule is Cc1ccc(C(=O)Nc2sc(-c3cccnc3)nc2-c2ccccc2)cc1. The lowest BCUT2D eigenvalue weighted by Gasteiger charge is -2.05. The van der Waals surface area contributed by atoms with Crippen molar-refractivity contribution in [2.24, 2.45) is 0 Å². The standard InChI is InChI=1S/C22H17N3OS/c1-15-9-11-17(12-10-15)20(26)25-22-19(16-6-3-2-4-7-16)24-21(27-22)18-8-5-13-23-14-18/h2-14H,1H3,(H,25,26). The van der Waals surface area contributed by atoms with Gasteiger partial charge in [0.15, 0.2) is 0 Å². The summed E-state index contributed by atoms with van der Waals surface area (Å²) in [5.41, 5.74) is 4.39. The zero-order valence-corrected chi connectivity index (χ0v) is 15.5. The van der Waals surface area contributed by atoms with E-state index in [2.05, 4.69) is 10.3 Å². The van der Waals surface area contributed by atoms with Crippen LogP contribution in [-0.4, -0.2) is 15.9 Å². The minimum atomic E-state index is -0.145. The lowest BCUT2D eigenvalue weighted by Crippen LogP contribution is -2.11. The zero-order valence-electron chi connectivity index (χ0n) is 14.7. The molecule has 2 heterocycles. The van der Waals surface area contributed by atoms with Crippen LogP contribution in [0.25, 0.3) is 21.8 Å². The van der Waals surface area contributed by atoms with Gasteiger partial charge in [-0.15, -0.1) is 0 Å². The maximum Gasteiger partial charge on any atom is 0.256 e. The van der Waals surface area contributed by atoms with Crippen LogP contribution in [0.1, 0.15) is 15.9 Å². The van der Waals surface area contributed by atoms with E-state index < -0.39 is 0 Å². The molecule has 2 aromatic carbocycles. The molecule has 0 radical (unpaired) electrons. The second-order valence-electron chi connectivity index (χ2n) is 6.12. The van der Waals surface area contributed by atoms with Crippen molar-refractivity contribution >= 4 is 22.2 Å². The van der Waals surface area contributed by atoms with Crippen LogP contribution in [0.3, 0.4) is 0 Å². The Morgan fingerprint density at radius 2 is 1.67 bits per heavy atom. The molecule has 4 aromatic rings. The highest BCUT2D eigenvalue weighted by Crippen LogP contribution is 2.37. The van der Waals surface area contributed by atoms with Crippen molar-refractivity contribution in [1.29, 1.82) is 0 Å². The Labute approximate surface area is 161 Å². The van der Waals surface area contributed by atoms with Crippen LogP contribution >= 0.6 is 11.3 Å². The summed E-state index contributed by atoms with van der Waals surface area (Å²) in [5, 5.41) is 4.58. The highest BCUT2D eigenvalue weighted by Gasteiger charge is 2.17. The molecule has 0 unspecified atom stereocenters. The van der Waals surface area contributed by atoms with Gasteiger partial charge in [-0.2, -0.15) is 0 Å². The number of thiazole rings is 1. The number of rotatable bonds is 4. The molecule has 0 spiro atoms. The third-order valence-electron chi connectivity index (χ3n) is 4.12. The first kappa shape index (κ1) is 17.1. The molecule has 0 aliphatic carbocycles. The van der Waals surface area contributed by atoms with Crippen molar-refractivity contribution < 1.29 is 4.79 Å². The Hall–Kier alpha value is -3.31. The van der Waals surface area contributed by atoms with E-state index in [0.29, 0.717) is 5.56 Å². The number of carbonyl (C=O) groups excluding carboxylic acids is 1. The molecular weight excluding hydrogens is 354 g/mol. The van der Waals surface area contributed by atoms with Crippen molar-refractivity contribution in [1.82, 2.24) is 9.97 Å². The van der Waals surface area contributed by atoms with Gasteiger partial charge < -0.3 is 5.32 Å². The van der Waals surface area contributed by atoms with Gasteiger partial charge in [-0.1, -0.05) is 59.4 Å². The van der Waals surface area contributed by atoms with Crippen LogP contribution < -0.4 is 5.32 Å². The number of pyridine rings is 1. The van der Waals surface area contributed by atoms with Gasteiger partial charge in [0.2, 0.25) is 0 Å². The molecule has 0 aliphatic rings. The molecule has 1 amide bonds. The zero-order chi connectivity index (χ0) is 18.6. The summed E-state index contributed by atoms with van der Waals surface area (Å²) in [5.74, 6) is -0.145. The Kier molecular flexibility index (Phi) is 4.77. The van der Waals surface area contributed by atoms with Gasteiger partial charge in [-0.05, 0) is 31.2 Å². The van der Waals surface area contributed by atoms with E-state index in [1.807, 2.05) is 73.7 Å². The van der Waals surface area contributed by atoms with Crippen molar-refractivity contribution in [2.45, 2.75) is 6.92 Å². The monoisotopic (exact) mass is 371 g/mol. The number of nitrogens with zero attached hydrogens (tertiary/aromatic N) is 2. The topological polar surface area (TPSA) is 54.9 Å². The van der Waals surface area contributed by atoms with Crippen molar-refractivity contribution in [3.8, 4) is 21.8 Å². The average Bonchev–Trinajstić information content (AvgIpc) is 3.13. The van der Waals surface area contributed by atoms with Crippen LogP contribution in [0.4, 0.5) is 5.00 Å². The van der Waals surface area contributed by atoms with Gasteiger partial charge >= 0.3 is 0 Å². The molecule has 0 atom stereocenters. The van der Waals surface area contributed by atoms with Crippen molar-refractivity contribution in [2.75, 3.05) is 5.32 Å². The molecule has 5 heteroatoms. The quantitative estimate of drug-likeness (QED) is 0.520. The second-order valence-corrected chi connectivity index (χ2v) is 7.12. The predicted molar refractivity (Wildman–Crippen MR) is 110 cm³/mol. The van der Waals surface area contributed by atoms with Gasteiger partial charge in [0.25, 0.3) is 5.91 Å². The first-order chi connectivity index (χ1) is 13.2. The third-order valence-corrected chi connectivity index (χ3v) is 5.14. The molecule has 0 saturated heterocycles. The first-order valence-electron chi connectivity index (χ1n) is 8.55. The van der Waals surface area contributed by atoms with Crippen molar-refractivity contribution in [3.05, 3.63) is 90.3 Å². The van der Waals surface area contributed by atoms with Crippen LogP contribution in [0.15, 0.2) is 79.1 Å². The fourth-order valence-electron chi connectivity index (χ4n) is 2.69. The fraction of sp³-hybridized carbons (Fsp3) is 0.0455. The lowest BCUT2D eigenvalue weighted by atomic mass is 10.1. The third kappa shape index (κ3) is 3.78. The van der Waals surface area contributed by atoms with E-state index in [0.717, 1.165) is 32.4 Å². The van der Waals surface area contributed by atoms with Gasteiger partial charge in [-0.25, -0.2) is 4.98 Å². The lowest BCUT2D eigenvalue weighted by molar-refractivity contribution is 0.102. The normalized spacial score (nSPS) is 10.6. The van der Waals surface area contributed by atoms with Gasteiger partial charge in [0.1, 0.15) is 15.7 Å². The summed E-state index contributed by atoms with van der Waals surface area (Å²) >= 11 is 1.45. The molecule has 27 heavy (non-hydrogen) atoms. The highest BCUT2D eigenvalue weighted by atomic mass is 32.1. The maximum atomic E-state index is 12.7. The maximum absolute atomic E-state index is 12.7. The Balaban J connectivity index is 1.73. The minimum absolute atomic E-state index is 0.145. The van der Waals surface area contributed by atoms with Gasteiger partial charge in [0, 0.05) is 29.1 Å². The number of amides is 1. The van der Waals surface area contributed by atoms with Gasteiger partial charge in [-0.3, -0.25) is 9.78 Å². The van der Waals surface area contributed by atoms with Crippen LogP contribution in [0.2, 0.25) is 0 Å². The van der Waals surface area contributed by atoms with E-state index in [-0.39, 0.29) is 5.91 Å². The van der Waals surface area contributed by atoms with E-state index in [1.54, 1.807) is 12.4 Å². The Bertz CT molecular complexity index is 1060. The summed E-state index contributed by atoms with van der Waals surface area (Å²) < 4.78 is 0. The molecule has 4 nitrogen and oxygen atoms in total. The van der Waals surface area contributed by atoms with E-state index >= 15 is 0 Å². The van der Waals surface area contributed by atoms with E-state index in [1.165, 1.54) is 11.3 Å². The van der Waals surface area contributed by atoms with Gasteiger partial charge in [0.05, 0.1) is 0 Å². The van der Waals surface area contributed by atoms with Crippen LogP contribution in [-0.2, 0) is 0 Å². The largest absolute Gasteiger partial charge is 0.312 e. The molecule has 2 aromatic heterocycles. The molecule has 0 aliphatic heterocycles. The molecule has 0 fully saturated rings. The number of carbonyl (C=O) groups is 1. The molecule has 1 N–H and O–H groups in total. The summed E-state index contributed by atoms with van der Waals surface area (Å²) in [7, 11) is 0. The molecule has 4 rings (SSSR count). The smallest absolute Gasteiger partial charge is 0.256 e. The number of aromatic nitrogens is 2. The first-order valence-corrected chi connectivity index (χ1v) is 9.37. The van der Waals surface area contributed by atoms with Crippen LogP contribution in [0.5, 0.6) is 0 Å². The Morgan fingerprint density at radius 1 is 0.926 bits per heavy atom. The minimum Gasteiger partial charge on any atom is -0.312 e. The van der Waals surface area contributed by atoms with Crippen molar-refractivity contribution in [3.63, 3.8) is 0 Å². The molecule has 0 saturated carbocycles. The highest BCUT2D eigenvalue weighted by molar-refractivity contribution is 7.19. The van der Waals surface area contributed by atoms with E-state index in [4.69, 9.17) is 4.98 Å².